The van der Waals surface area contributed by atoms with Crippen LogP contribution < -0.4 is 10.9 Å². The fourth-order valence-electron chi connectivity index (χ4n) is 3.72. The van der Waals surface area contributed by atoms with E-state index in [0.717, 1.165) is 5.56 Å². The van der Waals surface area contributed by atoms with E-state index in [1.165, 1.54) is 22.9 Å². The zero-order valence-corrected chi connectivity index (χ0v) is 18.3. The number of benzene rings is 2. The van der Waals surface area contributed by atoms with Crippen molar-refractivity contribution < 1.29 is 13.9 Å². The normalized spacial score (nSPS) is 11.1. The Morgan fingerprint density at radius 1 is 1.12 bits per heavy atom. The van der Waals surface area contributed by atoms with Crippen molar-refractivity contribution in [3.63, 3.8) is 0 Å². The number of pyridine rings is 1. The Bertz CT molecular complexity index is 1620. The molecule has 0 saturated heterocycles. The number of rotatable bonds is 5. The summed E-state index contributed by atoms with van der Waals surface area (Å²) >= 11 is 0. The van der Waals surface area contributed by atoms with E-state index < -0.39 is 11.8 Å². The molecule has 10 heteroatoms. The molecule has 0 atom stereocenters. The number of nitrogens with zero attached hydrogens (tertiary/aromatic N) is 5. The molecule has 170 valence electrons. The van der Waals surface area contributed by atoms with Gasteiger partial charge in [-0.1, -0.05) is 23.8 Å². The Morgan fingerprint density at radius 2 is 1.94 bits per heavy atom. The van der Waals surface area contributed by atoms with Crippen LogP contribution in [0.25, 0.3) is 16.7 Å². The van der Waals surface area contributed by atoms with Crippen molar-refractivity contribution >= 4 is 34.2 Å². The lowest BCUT2D eigenvalue weighted by atomic mass is 10.1. The lowest BCUT2D eigenvalue weighted by Crippen LogP contribution is -2.20. The number of aryl methyl sites for hydroxylation is 2. The number of esters is 1. The van der Waals surface area contributed by atoms with Crippen molar-refractivity contribution in [1.82, 2.24) is 24.1 Å². The molecule has 0 amide bonds. The molecule has 34 heavy (non-hydrogen) atoms. The van der Waals surface area contributed by atoms with E-state index in [9.17, 15) is 14.0 Å². The minimum atomic E-state index is -0.673. The molecule has 0 fully saturated rings. The molecule has 2 aromatic carbocycles. The van der Waals surface area contributed by atoms with Crippen molar-refractivity contribution in [2.75, 3.05) is 5.32 Å². The highest BCUT2D eigenvalue weighted by Gasteiger charge is 2.19. The minimum Gasteiger partial charge on any atom is -0.454 e. The van der Waals surface area contributed by atoms with Gasteiger partial charge >= 0.3 is 5.97 Å². The van der Waals surface area contributed by atoms with Crippen molar-refractivity contribution in [2.24, 2.45) is 7.05 Å². The van der Waals surface area contributed by atoms with Gasteiger partial charge in [0, 0.05) is 13.2 Å². The number of hydrogen-bond acceptors (Lipinski definition) is 7. The molecule has 0 saturated carbocycles. The fraction of sp³-hybridized carbons (Fsp3) is 0.125. The lowest BCUT2D eigenvalue weighted by Gasteiger charge is -2.11. The Labute approximate surface area is 192 Å². The van der Waals surface area contributed by atoms with Gasteiger partial charge in [-0.05, 0) is 43.3 Å². The van der Waals surface area contributed by atoms with Crippen LogP contribution in [0.1, 0.15) is 21.7 Å². The molecule has 0 spiro atoms. The smallest absolute Gasteiger partial charge is 0.342 e. The summed E-state index contributed by atoms with van der Waals surface area (Å²) < 4.78 is 22.6. The van der Waals surface area contributed by atoms with Crippen LogP contribution in [0.2, 0.25) is 0 Å². The molecule has 5 rings (SSSR count). The van der Waals surface area contributed by atoms with Gasteiger partial charge in [-0.3, -0.25) is 13.8 Å². The second-order valence-corrected chi connectivity index (χ2v) is 7.72. The first-order valence-corrected chi connectivity index (χ1v) is 10.4. The molecule has 3 aromatic heterocycles. The number of hydrogen-bond donors (Lipinski definition) is 1. The number of carbonyl (C=O) groups is 1. The molecule has 0 aliphatic rings. The van der Waals surface area contributed by atoms with Gasteiger partial charge in [-0.25, -0.2) is 14.2 Å². The van der Waals surface area contributed by atoms with Crippen molar-refractivity contribution in [3.8, 4) is 0 Å². The number of aromatic nitrogens is 5. The second-order valence-electron chi connectivity index (χ2n) is 7.72. The third-order valence-corrected chi connectivity index (χ3v) is 5.43. The highest BCUT2D eigenvalue weighted by molar-refractivity contribution is 5.95. The number of carbonyl (C=O) groups excluding carboxylic acids is 1. The largest absolute Gasteiger partial charge is 0.454 e. The van der Waals surface area contributed by atoms with Gasteiger partial charge in [0.2, 0.25) is 5.78 Å². The van der Waals surface area contributed by atoms with E-state index in [2.05, 4.69) is 20.5 Å². The summed E-state index contributed by atoms with van der Waals surface area (Å²) in [5.74, 6) is -0.313. The number of ether oxygens (including phenoxy) is 1. The van der Waals surface area contributed by atoms with E-state index in [-0.39, 0.29) is 29.2 Å². The topological polar surface area (TPSA) is 103 Å². The van der Waals surface area contributed by atoms with Gasteiger partial charge in [0.15, 0.2) is 12.4 Å². The maximum Gasteiger partial charge on any atom is 0.342 e. The highest BCUT2D eigenvalue weighted by atomic mass is 19.1. The van der Waals surface area contributed by atoms with Gasteiger partial charge in [-0.15, -0.1) is 10.2 Å². The zero-order valence-electron chi connectivity index (χ0n) is 18.3. The number of para-hydroxylation sites is 1. The maximum absolute atomic E-state index is 14.1. The molecule has 0 unspecified atom stereocenters. The first-order valence-electron chi connectivity index (χ1n) is 10.4. The first kappa shape index (κ1) is 21.3. The number of halogens is 1. The number of nitrogens with one attached hydrogen (secondary N) is 1. The van der Waals surface area contributed by atoms with Crippen molar-refractivity contribution in [1.29, 1.82) is 0 Å². The van der Waals surface area contributed by atoms with E-state index in [0.29, 0.717) is 22.5 Å². The Kier molecular flexibility index (Phi) is 5.25. The molecule has 0 aliphatic carbocycles. The van der Waals surface area contributed by atoms with Crippen LogP contribution in [0.4, 0.5) is 15.9 Å². The summed E-state index contributed by atoms with van der Waals surface area (Å²) in [5, 5.41) is 11.6. The lowest BCUT2D eigenvalue weighted by molar-refractivity contribution is 0.0462. The summed E-state index contributed by atoms with van der Waals surface area (Å²) in [7, 11) is 1.61. The first-order chi connectivity index (χ1) is 16.4. The van der Waals surface area contributed by atoms with E-state index in [1.54, 1.807) is 41.8 Å². The summed E-state index contributed by atoms with van der Waals surface area (Å²) in [4.78, 5) is 29.8. The highest BCUT2D eigenvalue weighted by Crippen LogP contribution is 2.22. The quantitative estimate of drug-likeness (QED) is 0.402. The minimum absolute atomic E-state index is 0.132. The van der Waals surface area contributed by atoms with E-state index in [1.807, 2.05) is 19.1 Å². The van der Waals surface area contributed by atoms with Crippen LogP contribution in [-0.4, -0.2) is 30.1 Å². The van der Waals surface area contributed by atoms with Crippen molar-refractivity contribution in [3.05, 3.63) is 93.9 Å². The third kappa shape index (κ3) is 3.64. The van der Waals surface area contributed by atoms with E-state index >= 15 is 0 Å². The molecule has 1 N–H and O–H groups in total. The van der Waals surface area contributed by atoms with Crippen LogP contribution in [0, 0.1) is 12.7 Å². The Morgan fingerprint density at radius 3 is 2.76 bits per heavy atom. The number of anilines is 2. The van der Waals surface area contributed by atoms with Crippen LogP contribution in [0.5, 0.6) is 0 Å². The average Bonchev–Trinajstić information content (AvgIpc) is 3.27. The summed E-state index contributed by atoms with van der Waals surface area (Å²) in [6.07, 6.45) is 1.49. The molecular weight excluding hydrogens is 439 g/mol. The van der Waals surface area contributed by atoms with Gasteiger partial charge in [0.1, 0.15) is 17.2 Å². The van der Waals surface area contributed by atoms with Gasteiger partial charge in [-0.2, -0.15) is 0 Å². The zero-order chi connectivity index (χ0) is 23.8. The summed E-state index contributed by atoms with van der Waals surface area (Å²) in [6, 6.07) is 14.7. The Hall–Kier alpha value is -4.60. The van der Waals surface area contributed by atoms with Crippen LogP contribution >= 0.6 is 0 Å². The molecule has 0 radical (unpaired) electrons. The van der Waals surface area contributed by atoms with E-state index in [4.69, 9.17) is 4.74 Å². The van der Waals surface area contributed by atoms with Gasteiger partial charge in [0.05, 0.1) is 16.6 Å². The molecule has 3 heterocycles. The van der Waals surface area contributed by atoms with Gasteiger partial charge < -0.3 is 10.1 Å². The summed E-state index contributed by atoms with van der Waals surface area (Å²) in [6.45, 7) is 1.70. The monoisotopic (exact) mass is 458 g/mol. The molecule has 0 aliphatic heterocycles. The van der Waals surface area contributed by atoms with Gasteiger partial charge in [0.25, 0.3) is 5.56 Å². The predicted octanol–water partition coefficient (Wildman–Crippen LogP) is 3.52. The van der Waals surface area contributed by atoms with Crippen LogP contribution in [-0.2, 0) is 18.4 Å². The fourth-order valence-corrected chi connectivity index (χ4v) is 3.72. The SMILES string of the molecule is Cc1ccc2c(c1)c(=O)n(C)c1nnc(COC(=O)c3cccnc3Nc3ccccc3F)n21. The Balaban J connectivity index is 1.46. The summed E-state index contributed by atoms with van der Waals surface area (Å²) in [5.41, 5.74) is 1.68. The number of fused-ring (bicyclic) bond motifs is 3. The molecule has 5 aromatic rings. The molecular formula is C24H19FN6O3. The predicted molar refractivity (Wildman–Crippen MR) is 124 cm³/mol. The standard InChI is InChI=1S/C24H19FN6O3/c1-14-9-10-19-16(12-14)22(32)30(2)24-29-28-20(31(19)24)13-34-23(33)15-6-5-11-26-21(15)27-18-8-4-3-7-17(18)25/h3-12H,13H2,1-2H3,(H,26,27). The maximum atomic E-state index is 14.1. The van der Waals surface area contributed by atoms with Crippen LogP contribution in [0.3, 0.4) is 0 Å². The molecule has 9 nitrogen and oxygen atoms in total. The van der Waals surface area contributed by atoms with Crippen molar-refractivity contribution in [2.45, 2.75) is 13.5 Å². The molecule has 0 bridgehead atoms. The average molecular weight is 458 g/mol. The van der Waals surface area contributed by atoms with Crippen LogP contribution in [0.15, 0.2) is 65.6 Å². The second kappa shape index (κ2) is 8.39. The third-order valence-electron chi connectivity index (χ3n) is 5.43.